The molecule has 0 aromatic carbocycles. The minimum atomic E-state index is -0.237. The van der Waals surface area contributed by atoms with Crippen LogP contribution in [0, 0.1) is 5.92 Å². The molecule has 1 saturated carbocycles. The van der Waals surface area contributed by atoms with Crippen LogP contribution in [0.15, 0.2) is 0 Å². The zero-order chi connectivity index (χ0) is 9.56. The highest BCUT2D eigenvalue weighted by atomic mass is 16.3. The minimum absolute atomic E-state index is 0.0443. The summed E-state index contributed by atoms with van der Waals surface area (Å²) in [6.07, 6.45) is 4.06. The van der Waals surface area contributed by atoms with E-state index in [4.69, 9.17) is 5.73 Å². The van der Waals surface area contributed by atoms with Crippen molar-refractivity contribution in [2.75, 3.05) is 0 Å². The molecule has 1 aliphatic rings. The van der Waals surface area contributed by atoms with Gasteiger partial charge in [0.05, 0.1) is 6.10 Å². The van der Waals surface area contributed by atoms with E-state index in [1.54, 1.807) is 0 Å². The van der Waals surface area contributed by atoms with E-state index in [1.165, 1.54) is 12.8 Å². The van der Waals surface area contributed by atoms with E-state index < -0.39 is 0 Å². The van der Waals surface area contributed by atoms with Crippen LogP contribution in [0.25, 0.3) is 0 Å². The Balaban J connectivity index is 0.000000561. The van der Waals surface area contributed by atoms with Crippen molar-refractivity contribution in [2.24, 2.45) is 11.7 Å². The highest BCUT2D eigenvalue weighted by Gasteiger charge is 2.24. The van der Waals surface area contributed by atoms with Crippen molar-refractivity contribution < 1.29 is 5.11 Å². The third-order valence-corrected chi connectivity index (χ3v) is 2.55. The topological polar surface area (TPSA) is 46.2 Å². The van der Waals surface area contributed by atoms with Gasteiger partial charge in [0.2, 0.25) is 0 Å². The molecular weight excluding hydrogens is 150 g/mol. The first-order chi connectivity index (χ1) is 5.74. The molecule has 0 amide bonds. The molecule has 3 atom stereocenters. The Hall–Kier alpha value is -0.0800. The quantitative estimate of drug-likeness (QED) is 0.636. The number of rotatable bonds is 1. The van der Waals surface area contributed by atoms with Crippen LogP contribution in [-0.2, 0) is 0 Å². The Morgan fingerprint density at radius 2 is 1.92 bits per heavy atom. The van der Waals surface area contributed by atoms with Gasteiger partial charge in [-0.05, 0) is 25.2 Å². The maximum atomic E-state index is 9.35. The molecule has 0 saturated heterocycles. The monoisotopic (exact) mass is 173 g/mol. The third kappa shape index (κ3) is 3.55. The fourth-order valence-corrected chi connectivity index (χ4v) is 1.63. The van der Waals surface area contributed by atoms with Gasteiger partial charge in [0.25, 0.3) is 0 Å². The maximum Gasteiger partial charge on any atom is 0.0693 e. The predicted octanol–water partition coefficient (Wildman–Crippen LogP) is 1.91. The van der Waals surface area contributed by atoms with E-state index in [1.807, 2.05) is 13.8 Å². The van der Waals surface area contributed by atoms with Crippen molar-refractivity contribution in [1.82, 2.24) is 0 Å². The summed E-state index contributed by atoms with van der Waals surface area (Å²) in [4.78, 5) is 0. The summed E-state index contributed by atoms with van der Waals surface area (Å²) in [5.74, 6) is 0.717. The molecule has 2 heteroatoms. The van der Waals surface area contributed by atoms with E-state index in [9.17, 15) is 5.11 Å². The first-order valence-corrected chi connectivity index (χ1v) is 5.17. The molecule has 0 heterocycles. The highest BCUT2D eigenvalue weighted by molar-refractivity contribution is 4.81. The van der Waals surface area contributed by atoms with E-state index in [2.05, 4.69) is 6.92 Å². The zero-order valence-electron chi connectivity index (χ0n) is 8.59. The average Bonchev–Trinajstić information content (AvgIpc) is 2.13. The first kappa shape index (κ1) is 11.9. The lowest BCUT2D eigenvalue weighted by Crippen LogP contribution is -2.39. The normalized spacial score (nSPS) is 35.2. The molecule has 1 aliphatic carbocycles. The molecule has 0 radical (unpaired) electrons. The fourth-order valence-electron chi connectivity index (χ4n) is 1.63. The number of hydrogen-bond donors (Lipinski definition) is 2. The van der Waals surface area contributed by atoms with Crippen LogP contribution in [0.4, 0.5) is 0 Å². The van der Waals surface area contributed by atoms with Crippen LogP contribution in [0.3, 0.4) is 0 Å². The number of aliphatic hydroxyl groups excluding tert-OH is 1. The van der Waals surface area contributed by atoms with Crippen LogP contribution in [0.5, 0.6) is 0 Å². The van der Waals surface area contributed by atoms with Crippen LogP contribution >= 0.6 is 0 Å². The van der Waals surface area contributed by atoms with Gasteiger partial charge in [0.15, 0.2) is 0 Å². The van der Waals surface area contributed by atoms with Crippen LogP contribution in [0.1, 0.15) is 46.5 Å². The maximum absolute atomic E-state index is 9.35. The summed E-state index contributed by atoms with van der Waals surface area (Å²) in [6, 6.07) is 0.0443. The van der Waals surface area contributed by atoms with Crippen LogP contribution in [-0.4, -0.2) is 17.3 Å². The van der Waals surface area contributed by atoms with Crippen molar-refractivity contribution in [3.05, 3.63) is 0 Å². The molecule has 3 N–H and O–H groups in total. The summed E-state index contributed by atoms with van der Waals surface area (Å²) >= 11 is 0. The number of aliphatic hydroxyl groups is 1. The molecule has 0 bridgehead atoms. The number of nitrogens with two attached hydrogens (primary N) is 1. The second-order valence-corrected chi connectivity index (χ2v) is 3.32. The summed E-state index contributed by atoms with van der Waals surface area (Å²) in [7, 11) is 0. The van der Waals surface area contributed by atoms with Crippen molar-refractivity contribution >= 4 is 0 Å². The lowest BCUT2D eigenvalue weighted by molar-refractivity contribution is 0.0798. The van der Waals surface area contributed by atoms with Crippen molar-refractivity contribution in [2.45, 2.75) is 58.6 Å². The zero-order valence-corrected chi connectivity index (χ0v) is 8.59. The van der Waals surface area contributed by atoms with E-state index in [0.717, 1.165) is 18.8 Å². The average molecular weight is 173 g/mol. The Morgan fingerprint density at radius 1 is 1.33 bits per heavy atom. The molecule has 1 fully saturated rings. The highest BCUT2D eigenvalue weighted by Crippen LogP contribution is 2.25. The molecule has 0 spiro atoms. The Morgan fingerprint density at radius 3 is 2.33 bits per heavy atom. The summed E-state index contributed by atoms with van der Waals surface area (Å²) < 4.78 is 0. The smallest absolute Gasteiger partial charge is 0.0693 e. The van der Waals surface area contributed by atoms with Gasteiger partial charge in [-0.25, -0.2) is 0 Å². The largest absolute Gasteiger partial charge is 0.392 e. The molecular formula is C10H23NO. The minimum Gasteiger partial charge on any atom is -0.392 e. The molecule has 2 nitrogen and oxygen atoms in total. The van der Waals surface area contributed by atoms with Gasteiger partial charge in [0.1, 0.15) is 0 Å². The van der Waals surface area contributed by atoms with Crippen molar-refractivity contribution in [1.29, 1.82) is 0 Å². The van der Waals surface area contributed by atoms with Crippen molar-refractivity contribution in [3.63, 3.8) is 0 Å². The molecule has 0 aromatic heterocycles. The standard InChI is InChI=1S/C8H17NO.C2H6/c1-2-6-3-4-7(9)8(10)5-6;1-2/h6-8,10H,2-5,9H2,1H3;1-2H3. The van der Waals surface area contributed by atoms with Crippen molar-refractivity contribution in [3.8, 4) is 0 Å². The molecule has 12 heavy (non-hydrogen) atoms. The lowest BCUT2D eigenvalue weighted by Gasteiger charge is -2.29. The molecule has 74 valence electrons. The van der Waals surface area contributed by atoms with Gasteiger partial charge in [0, 0.05) is 6.04 Å². The third-order valence-electron chi connectivity index (χ3n) is 2.55. The van der Waals surface area contributed by atoms with E-state index in [0.29, 0.717) is 0 Å². The van der Waals surface area contributed by atoms with E-state index in [-0.39, 0.29) is 12.1 Å². The Bertz CT molecular complexity index is 106. The molecule has 3 unspecified atom stereocenters. The van der Waals surface area contributed by atoms with Crippen LogP contribution in [0.2, 0.25) is 0 Å². The van der Waals surface area contributed by atoms with Gasteiger partial charge >= 0.3 is 0 Å². The fraction of sp³-hybridized carbons (Fsp3) is 1.00. The summed E-state index contributed by atoms with van der Waals surface area (Å²) in [5.41, 5.74) is 5.65. The second-order valence-electron chi connectivity index (χ2n) is 3.32. The van der Waals surface area contributed by atoms with Gasteiger partial charge in [-0.2, -0.15) is 0 Å². The van der Waals surface area contributed by atoms with Gasteiger partial charge < -0.3 is 10.8 Å². The molecule has 1 rings (SSSR count). The predicted molar refractivity (Wildman–Crippen MR) is 53.0 cm³/mol. The Labute approximate surface area is 76.2 Å². The van der Waals surface area contributed by atoms with Crippen LogP contribution < -0.4 is 5.73 Å². The lowest BCUT2D eigenvalue weighted by atomic mass is 9.83. The first-order valence-electron chi connectivity index (χ1n) is 5.17. The second kappa shape index (κ2) is 6.44. The molecule has 0 aromatic rings. The summed E-state index contributed by atoms with van der Waals surface area (Å²) in [5, 5.41) is 9.35. The summed E-state index contributed by atoms with van der Waals surface area (Å²) in [6.45, 7) is 6.17. The van der Waals surface area contributed by atoms with Gasteiger partial charge in [-0.3, -0.25) is 0 Å². The van der Waals surface area contributed by atoms with Gasteiger partial charge in [-0.1, -0.05) is 27.2 Å². The molecule has 0 aliphatic heterocycles. The SMILES string of the molecule is CC.CCC1CCC(N)C(O)C1. The number of hydrogen-bond acceptors (Lipinski definition) is 2. The van der Waals surface area contributed by atoms with Gasteiger partial charge in [-0.15, -0.1) is 0 Å². The Kier molecular flexibility index (Phi) is 6.39. The van der Waals surface area contributed by atoms with E-state index >= 15 is 0 Å².